The zero-order chi connectivity index (χ0) is 24.5. The standard InChI is InChI=1S/C26H30ClN5O3/c27-21-8-4-9-22(18-21)32-24(19-23(30-32)20-6-2-1-3-7-20)29-26(34)11-10-25(33)28-12-5-13-31-14-16-35-17-15-31/h1-4,6-9,18-19H,5,10-17H2,(H,28,33)(H,29,34). The lowest BCUT2D eigenvalue weighted by atomic mass is 10.1. The number of hydrogen-bond acceptors (Lipinski definition) is 5. The molecule has 4 rings (SSSR count). The molecule has 8 nitrogen and oxygen atoms in total. The lowest BCUT2D eigenvalue weighted by Gasteiger charge is -2.26. The molecule has 3 aromatic rings. The number of carbonyl (C=O) groups excluding carboxylic acids is 2. The topological polar surface area (TPSA) is 88.5 Å². The summed E-state index contributed by atoms with van der Waals surface area (Å²) < 4.78 is 6.99. The van der Waals surface area contributed by atoms with E-state index in [1.165, 1.54) is 0 Å². The van der Waals surface area contributed by atoms with Crippen LogP contribution in [0.3, 0.4) is 0 Å². The van der Waals surface area contributed by atoms with Gasteiger partial charge in [-0.05, 0) is 31.2 Å². The third-order valence-corrected chi connectivity index (χ3v) is 5.99. The first-order valence-corrected chi connectivity index (χ1v) is 12.2. The smallest absolute Gasteiger partial charge is 0.226 e. The Bertz CT molecular complexity index is 1130. The molecule has 1 saturated heterocycles. The Morgan fingerprint density at radius 2 is 1.74 bits per heavy atom. The van der Waals surface area contributed by atoms with Crippen LogP contribution in [0.1, 0.15) is 19.3 Å². The van der Waals surface area contributed by atoms with E-state index in [1.54, 1.807) is 16.8 Å². The summed E-state index contributed by atoms with van der Waals surface area (Å²) in [6.07, 6.45) is 1.08. The summed E-state index contributed by atoms with van der Waals surface area (Å²) in [5.41, 5.74) is 2.38. The molecule has 1 aliphatic heterocycles. The summed E-state index contributed by atoms with van der Waals surface area (Å²) in [6.45, 7) is 4.94. The lowest BCUT2D eigenvalue weighted by Crippen LogP contribution is -2.38. The summed E-state index contributed by atoms with van der Waals surface area (Å²) >= 11 is 6.18. The van der Waals surface area contributed by atoms with E-state index < -0.39 is 0 Å². The number of halogens is 1. The van der Waals surface area contributed by atoms with Crippen LogP contribution >= 0.6 is 11.6 Å². The Kier molecular flexibility index (Phi) is 8.89. The number of nitrogens with zero attached hydrogens (tertiary/aromatic N) is 3. The Hall–Kier alpha value is -3.20. The molecule has 0 radical (unpaired) electrons. The van der Waals surface area contributed by atoms with Gasteiger partial charge in [-0.3, -0.25) is 14.5 Å². The van der Waals surface area contributed by atoms with Gasteiger partial charge in [0.25, 0.3) is 0 Å². The number of rotatable bonds is 10. The Morgan fingerprint density at radius 1 is 0.971 bits per heavy atom. The molecule has 2 amide bonds. The molecule has 1 aliphatic rings. The van der Waals surface area contributed by atoms with E-state index in [9.17, 15) is 9.59 Å². The maximum absolute atomic E-state index is 12.7. The summed E-state index contributed by atoms with van der Waals surface area (Å²) in [7, 11) is 0. The average molecular weight is 496 g/mol. The molecule has 2 heterocycles. The fourth-order valence-electron chi connectivity index (χ4n) is 3.90. The molecule has 0 saturated carbocycles. The van der Waals surface area contributed by atoms with Crippen molar-refractivity contribution in [2.75, 3.05) is 44.7 Å². The number of hydrogen-bond donors (Lipinski definition) is 2. The van der Waals surface area contributed by atoms with Crippen LogP contribution in [0.15, 0.2) is 60.7 Å². The molecule has 184 valence electrons. The zero-order valence-corrected chi connectivity index (χ0v) is 20.3. The summed E-state index contributed by atoms with van der Waals surface area (Å²) in [5, 5.41) is 11.1. The van der Waals surface area contributed by atoms with Crippen molar-refractivity contribution >= 4 is 29.2 Å². The first-order valence-electron chi connectivity index (χ1n) is 11.9. The number of anilines is 1. The SMILES string of the molecule is O=C(CCC(=O)Nc1cc(-c2ccccc2)nn1-c1cccc(Cl)c1)NCCCN1CCOCC1. The van der Waals surface area contributed by atoms with Crippen molar-refractivity contribution in [1.82, 2.24) is 20.0 Å². The van der Waals surface area contributed by atoms with E-state index in [0.29, 0.717) is 17.4 Å². The predicted octanol–water partition coefficient (Wildman–Crippen LogP) is 3.75. The second-order valence-corrected chi connectivity index (χ2v) is 8.81. The number of amides is 2. The molecule has 2 aromatic carbocycles. The highest BCUT2D eigenvalue weighted by Gasteiger charge is 2.15. The highest BCUT2D eigenvalue weighted by atomic mass is 35.5. The second-order valence-electron chi connectivity index (χ2n) is 8.38. The third kappa shape index (κ3) is 7.39. The number of nitrogens with one attached hydrogen (secondary N) is 2. The third-order valence-electron chi connectivity index (χ3n) is 5.76. The van der Waals surface area contributed by atoms with Gasteiger partial charge >= 0.3 is 0 Å². The van der Waals surface area contributed by atoms with Gasteiger partial charge in [-0.1, -0.05) is 48.0 Å². The molecule has 0 spiro atoms. The molecule has 1 aromatic heterocycles. The van der Waals surface area contributed by atoms with Crippen molar-refractivity contribution in [1.29, 1.82) is 0 Å². The van der Waals surface area contributed by atoms with Gasteiger partial charge in [-0.25, -0.2) is 4.68 Å². The molecular weight excluding hydrogens is 466 g/mol. The number of carbonyl (C=O) groups is 2. The Labute approximate surface area is 210 Å². The lowest BCUT2D eigenvalue weighted by molar-refractivity contribution is -0.124. The molecule has 9 heteroatoms. The average Bonchev–Trinajstić information content (AvgIpc) is 3.30. The van der Waals surface area contributed by atoms with E-state index in [-0.39, 0.29) is 24.7 Å². The van der Waals surface area contributed by atoms with E-state index >= 15 is 0 Å². The van der Waals surface area contributed by atoms with Gasteiger partial charge in [0, 0.05) is 49.1 Å². The maximum atomic E-state index is 12.7. The minimum Gasteiger partial charge on any atom is -0.379 e. The van der Waals surface area contributed by atoms with Gasteiger partial charge in [0.2, 0.25) is 11.8 Å². The Morgan fingerprint density at radius 3 is 2.51 bits per heavy atom. The van der Waals surface area contributed by atoms with Gasteiger partial charge in [-0.2, -0.15) is 5.10 Å². The van der Waals surface area contributed by atoms with Crippen molar-refractivity contribution in [3.63, 3.8) is 0 Å². The largest absolute Gasteiger partial charge is 0.379 e. The first-order chi connectivity index (χ1) is 17.1. The maximum Gasteiger partial charge on any atom is 0.226 e. The van der Waals surface area contributed by atoms with Crippen molar-refractivity contribution in [3.8, 4) is 16.9 Å². The van der Waals surface area contributed by atoms with Gasteiger partial charge in [0.05, 0.1) is 24.6 Å². The van der Waals surface area contributed by atoms with Crippen LogP contribution < -0.4 is 10.6 Å². The van der Waals surface area contributed by atoms with E-state index in [4.69, 9.17) is 16.3 Å². The zero-order valence-electron chi connectivity index (χ0n) is 19.6. The van der Waals surface area contributed by atoms with Crippen LogP contribution in [-0.4, -0.2) is 65.9 Å². The number of benzene rings is 2. The predicted molar refractivity (Wildman–Crippen MR) is 137 cm³/mol. The number of morpholine rings is 1. The molecule has 0 unspecified atom stereocenters. The minimum absolute atomic E-state index is 0.0801. The first kappa shape index (κ1) is 24.9. The van der Waals surface area contributed by atoms with Gasteiger partial charge in [-0.15, -0.1) is 0 Å². The van der Waals surface area contributed by atoms with Crippen molar-refractivity contribution < 1.29 is 14.3 Å². The molecule has 0 bridgehead atoms. The quantitative estimate of drug-likeness (QED) is 0.418. The normalized spacial score (nSPS) is 14.0. The fraction of sp³-hybridized carbons (Fsp3) is 0.346. The highest BCUT2D eigenvalue weighted by molar-refractivity contribution is 6.30. The summed E-state index contributed by atoms with van der Waals surface area (Å²) in [6, 6.07) is 18.8. The molecule has 1 fully saturated rings. The molecule has 0 aliphatic carbocycles. The van der Waals surface area contributed by atoms with Crippen molar-refractivity contribution in [2.24, 2.45) is 0 Å². The van der Waals surface area contributed by atoms with Crippen LogP contribution in [-0.2, 0) is 14.3 Å². The van der Waals surface area contributed by atoms with Crippen molar-refractivity contribution in [3.05, 3.63) is 65.7 Å². The highest BCUT2D eigenvalue weighted by Crippen LogP contribution is 2.26. The Balaban J connectivity index is 1.32. The summed E-state index contributed by atoms with van der Waals surface area (Å²) in [4.78, 5) is 27.2. The van der Waals surface area contributed by atoms with E-state index in [2.05, 4.69) is 20.6 Å². The van der Waals surface area contributed by atoms with Gasteiger partial charge in [0.1, 0.15) is 5.82 Å². The molecule has 35 heavy (non-hydrogen) atoms. The van der Waals surface area contributed by atoms with Crippen LogP contribution in [0.2, 0.25) is 5.02 Å². The minimum atomic E-state index is -0.253. The monoisotopic (exact) mass is 495 g/mol. The van der Waals surface area contributed by atoms with Crippen LogP contribution in [0.4, 0.5) is 5.82 Å². The van der Waals surface area contributed by atoms with E-state index in [0.717, 1.165) is 56.2 Å². The second kappa shape index (κ2) is 12.5. The fourth-order valence-corrected chi connectivity index (χ4v) is 4.09. The van der Waals surface area contributed by atoms with Crippen LogP contribution in [0, 0.1) is 0 Å². The van der Waals surface area contributed by atoms with Crippen LogP contribution in [0.25, 0.3) is 16.9 Å². The molecule has 0 atom stereocenters. The molecular formula is C26H30ClN5O3. The van der Waals surface area contributed by atoms with Crippen molar-refractivity contribution in [2.45, 2.75) is 19.3 Å². The number of ether oxygens (including phenoxy) is 1. The van der Waals surface area contributed by atoms with E-state index in [1.807, 2.05) is 48.5 Å². The van der Waals surface area contributed by atoms with Gasteiger partial charge < -0.3 is 15.4 Å². The van der Waals surface area contributed by atoms with Gasteiger partial charge in [0.15, 0.2) is 0 Å². The summed E-state index contributed by atoms with van der Waals surface area (Å²) in [5.74, 6) is 0.133. The number of aromatic nitrogens is 2. The molecule has 2 N–H and O–H groups in total. The van der Waals surface area contributed by atoms with Crippen LogP contribution in [0.5, 0.6) is 0 Å².